The highest BCUT2D eigenvalue weighted by Crippen LogP contribution is 2.28. The van der Waals surface area contributed by atoms with Gasteiger partial charge in [-0.05, 0) is 43.7 Å². The van der Waals surface area contributed by atoms with Crippen LogP contribution in [0.3, 0.4) is 0 Å². The molecule has 4 aromatic rings. The summed E-state index contributed by atoms with van der Waals surface area (Å²) >= 11 is 13.2. The van der Waals surface area contributed by atoms with Crippen LogP contribution in [0.25, 0.3) is 17.1 Å². The molecule has 6 nitrogen and oxygen atoms in total. The maximum absolute atomic E-state index is 12.4. The minimum absolute atomic E-state index is 0.122. The number of nitrogens with one attached hydrogen (secondary N) is 1. The van der Waals surface area contributed by atoms with Crippen molar-refractivity contribution in [2.24, 2.45) is 5.10 Å². The van der Waals surface area contributed by atoms with Gasteiger partial charge in [-0.25, -0.2) is 5.43 Å². The van der Waals surface area contributed by atoms with Crippen molar-refractivity contribution < 1.29 is 4.79 Å². The Morgan fingerprint density at radius 2 is 1.65 bits per heavy atom. The van der Waals surface area contributed by atoms with E-state index in [2.05, 4.69) is 20.7 Å². The molecule has 0 unspecified atom stereocenters. The number of nitrogens with zero attached hydrogens (tertiary/aromatic N) is 4. The van der Waals surface area contributed by atoms with Gasteiger partial charge in [0.25, 0.3) is 5.91 Å². The highest BCUT2D eigenvalue weighted by molar-refractivity contribution is 7.99. The van der Waals surface area contributed by atoms with Gasteiger partial charge in [-0.15, -0.1) is 10.2 Å². The standard InChI is InChI=1S/C25H21Cl2N5OS/c1-16-3-8-19(9-4-16)24-30-31-25(32(24)20-10-5-17(2)6-11-20)34-15-23(33)29-28-14-18-7-12-21(26)22(27)13-18/h3-14H,15H2,1-2H3,(H,29,33)/b28-14-. The Morgan fingerprint density at radius 3 is 2.32 bits per heavy atom. The number of benzene rings is 3. The van der Waals surface area contributed by atoms with E-state index < -0.39 is 0 Å². The molecule has 0 aliphatic rings. The summed E-state index contributed by atoms with van der Waals surface area (Å²) in [5.74, 6) is 0.567. The summed E-state index contributed by atoms with van der Waals surface area (Å²) in [4.78, 5) is 12.4. The zero-order valence-corrected chi connectivity index (χ0v) is 20.8. The smallest absolute Gasteiger partial charge is 0.250 e. The lowest BCUT2D eigenvalue weighted by Crippen LogP contribution is -2.20. The van der Waals surface area contributed by atoms with Crippen LogP contribution >= 0.6 is 35.0 Å². The highest BCUT2D eigenvalue weighted by Gasteiger charge is 2.17. The van der Waals surface area contributed by atoms with Gasteiger partial charge in [0.2, 0.25) is 0 Å². The van der Waals surface area contributed by atoms with Crippen molar-refractivity contribution in [1.82, 2.24) is 20.2 Å². The molecular formula is C25H21Cl2N5OS. The number of amides is 1. The van der Waals surface area contributed by atoms with E-state index in [4.69, 9.17) is 23.2 Å². The first-order valence-corrected chi connectivity index (χ1v) is 12.1. The van der Waals surface area contributed by atoms with Gasteiger partial charge < -0.3 is 0 Å². The van der Waals surface area contributed by atoms with Crippen molar-refractivity contribution in [3.8, 4) is 17.1 Å². The van der Waals surface area contributed by atoms with Gasteiger partial charge in [0.1, 0.15) is 0 Å². The van der Waals surface area contributed by atoms with Gasteiger partial charge in [-0.1, -0.05) is 88.6 Å². The number of rotatable bonds is 7. The number of aryl methyl sites for hydroxylation is 2. The zero-order chi connectivity index (χ0) is 24.1. The molecule has 0 aliphatic heterocycles. The van der Waals surface area contributed by atoms with Crippen LogP contribution in [-0.4, -0.2) is 32.6 Å². The van der Waals surface area contributed by atoms with Crippen molar-refractivity contribution in [3.05, 3.63) is 93.5 Å². The first-order valence-electron chi connectivity index (χ1n) is 10.4. The summed E-state index contributed by atoms with van der Waals surface area (Å²) < 4.78 is 1.96. The molecule has 1 N–H and O–H groups in total. The lowest BCUT2D eigenvalue weighted by atomic mass is 10.1. The fourth-order valence-electron chi connectivity index (χ4n) is 3.11. The first-order chi connectivity index (χ1) is 16.4. The van der Waals surface area contributed by atoms with Gasteiger partial charge in [0.05, 0.1) is 22.0 Å². The first kappa shape index (κ1) is 24.0. The van der Waals surface area contributed by atoms with E-state index in [-0.39, 0.29) is 11.7 Å². The normalized spacial score (nSPS) is 11.2. The quantitative estimate of drug-likeness (QED) is 0.185. The molecule has 0 saturated heterocycles. The predicted octanol–water partition coefficient (Wildman–Crippen LogP) is 6.10. The molecule has 34 heavy (non-hydrogen) atoms. The average molecular weight is 510 g/mol. The number of hydrogen-bond acceptors (Lipinski definition) is 5. The second-order valence-electron chi connectivity index (χ2n) is 7.60. The van der Waals surface area contributed by atoms with E-state index >= 15 is 0 Å². The van der Waals surface area contributed by atoms with Crippen LogP contribution in [0.4, 0.5) is 0 Å². The van der Waals surface area contributed by atoms with Gasteiger partial charge in [-0.2, -0.15) is 5.10 Å². The summed E-state index contributed by atoms with van der Waals surface area (Å²) in [6.07, 6.45) is 1.51. The zero-order valence-electron chi connectivity index (χ0n) is 18.5. The number of aromatic nitrogens is 3. The van der Waals surface area contributed by atoms with Crippen molar-refractivity contribution in [3.63, 3.8) is 0 Å². The molecule has 1 aromatic heterocycles. The van der Waals surface area contributed by atoms with E-state index in [0.29, 0.717) is 21.0 Å². The Hall–Kier alpha value is -3.13. The number of thioether (sulfide) groups is 1. The Bertz CT molecular complexity index is 1330. The third kappa shape index (κ3) is 5.86. The Balaban J connectivity index is 1.50. The summed E-state index contributed by atoms with van der Waals surface area (Å²) in [6, 6.07) is 21.3. The molecule has 0 spiro atoms. The molecule has 0 atom stereocenters. The summed E-state index contributed by atoms with van der Waals surface area (Å²) in [6.45, 7) is 4.08. The van der Waals surface area contributed by atoms with E-state index in [0.717, 1.165) is 27.9 Å². The van der Waals surface area contributed by atoms with E-state index in [1.807, 2.05) is 66.9 Å². The second kappa shape index (κ2) is 10.9. The molecule has 0 saturated carbocycles. The van der Waals surface area contributed by atoms with Crippen molar-refractivity contribution in [2.75, 3.05) is 5.75 Å². The molecular weight excluding hydrogens is 489 g/mol. The third-order valence-corrected chi connectivity index (χ3v) is 6.58. The molecule has 0 radical (unpaired) electrons. The van der Waals surface area contributed by atoms with Crippen LogP contribution in [0.15, 0.2) is 77.0 Å². The van der Waals surface area contributed by atoms with Gasteiger partial charge in [-0.3, -0.25) is 9.36 Å². The van der Waals surface area contributed by atoms with E-state index in [1.54, 1.807) is 18.2 Å². The largest absolute Gasteiger partial charge is 0.272 e. The summed E-state index contributed by atoms with van der Waals surface area (Å²) in [5.41, 5.74) is 7.44. The molecule has 1 heterocycles. The van der Waals surface area contributed by atoms with Crippen molar-refractivity contribution in [1.29, 1.82) is 0 Å². The van der Waals surface area contributed by atoms with Crippen LogP contribution in [0.1, 0.15) is 16.7 Å². The van der Waals surface area contributed by atoms with Gasteiger partial charge in [0, 0.05) is 11.3 Å². The van der Waals surface area contributed by atoms with Crippen LogP contribution < -0.4 is 5.43 Å². The topological polar surface area (TPSA) is 72.2 Å². The van der Waals surface area contributed by atoms with Gasteiger partial charge >= 0.3 is 0 Å². The molecule has 3 aromatic carbocycles. The third-order valence-electron chi connectivity index (χ3n) is 4.91. The van der Waals surface area contributed by atoms with Crippen molar-refractivity contribution in [2.45, 2.75) is 19.0 Å². The molecule has 9 heteroatoms. The molecule has 0 aliphatic carbocycles. The Labute approximate surface area is 212 Å². The SMILES string of the molecule is Cc1ccc(-c2nnc(SCC(=O)N/N=C\c3ccc(Cl)c(Cl)c3)n2-c2ccc(C)cc2)cc1. The number of hydrazone groups is 1. The van der Waals surface area contributed by atoms with E-state index in [1.165, 1.54) is 18.0 Å². The van der Waals surface area contributed by atoms with Crippen molar-refractivity contribution >= 4 is 47.1 Å². The number of carbonyl (C=O) groups is 1. The average Bonchev–Trinajstić information content (AvgIpc) is 3.25. The van der Waals surface area contributed by atoms with Crippen LogP contribution in [0, 0.1) is 13.8 Å². The number of carbonyl (C=O) groups excluding carboxylic acids is 1. The van der Waals surface area contributed by atoms with Crippen LogP contribution in [0.2, 0.25) is 10.0 Å². The predicted molar refractivity (Wildman–Crippen MR) is 139 cm³/mol. The summed E-state index contributed by atoms with van der Waals surface area (Å²) in [7, 11) is 0. The lowest BCUT2D eigenvalue weighted by molar-refractivity contribution is -0.118. The molecule has 1 amide bonds. The fourth-order valence-corrected chi connectivity index (χ4v) is 4.16. The minimum Gasteiger partial charge on any atom is -0.272 e. The van der Waals surface area contributed by atoms with E-state index in [9.17, 15) is 4.79 Å². The highest BCUT2D eigenvalue weighted by atomic mass is 35.5. The number of halogens is 2. The molecule has 172 valence electrons. The van der Waals surface area contributed by atoms with Gasteiger partial charge in [0.15, 0.2) is 11.0 Å². The number of hydrogen-bond donors (Lipinski definition) is 1. The summed E-state index contributed by atoms with van der Waals surface area (Å²) in [5, 5.41) is 14.3. The van der Waals surface area contributed by atoms with Crippen LogP contribution in [0.5, 0.6) is 0 Å². The minimum atomic E-state index is -0.267. The Kier molecular flexibility index (Phi) is 7.67. The fraction of sp³-hybridized carbons (Fsp3) is 0.120. The molecule has 4 rings (SSSR count). The maximum atomic E-state index is 12.4. The lowest BCUT2D eigenvalue weighted by Gasteiger charge is -2.11. The second-order valence-corrected chi connectivity index (χ2v) is 9.36. The maximum Gasteiger partial charge on any atom is 0.250 e. The molecule has 0 bridgehead atoms. The van der Waals surface area contributed by atoms with Crippen LogP contribution in [-0.2, 0) is 4.79 Å². The molecule has 0 fully saturated rings. The Morgan fingerprint density at radius 1 is 0.971 bits per heavy atom. The monoisotopic (exact) mass is 509 g/mol.